The minimum atomic E-state index is -3.55. The Balaban J connectivity index is 2.91. The molecule has 74 valence electrons. The van der Waals surface area contributed by atoms with Crippen LogP contribution in [0.3, 0.4) is 0 Å². The first-order valence-corrected chi connectivity index (χ1v) is 6.11. The van der Waals surface area contributed by atoms with Crippen molar-refractivity contribution >= 4 is 31.6 Å². The number of nitriles is 1. The van der Waals surface area contributed by atoms with E-state index in [0.717, 1.165) is 0 Å². The molecule has 1 aromatic carbocycles. The van der Waals surface area contributed by atoms with Crippen LogP contribution in [0.15, 0.2) is 28.7 Å². The van der Waals surface area contributed by atoms with Crippen molar-refractivity contribution in [3.05, 3.63) is 28.7 Å². The Morgan fingerprint density at radius 3 is 2.64 bits per heavy atom. The molecule has 0 aliphatic heterocycles. The molecule has 0 unspecified atom stereocenters. The zero-order valence-electron chi connectivity index (χ0n) is 7.07. The molecule has 0 bridgehead atoms. The molecular formula is C8H7BrN2O2S. The van der Waals surface area contributed by atoms with Gasteiger partial charge in [0.25, 0.3) is 0 Å². The molecule has 4 nitrogen and oxygen atoms in total. The van der Waals surface area contributed by atoms with Crippen molar-refractivity contribution in [2.75, 3.05) is 10.5 Å². The predicted octanol–water partition coefficient (Wildman–Crippen LogP) is 1.71. The maximum Gasteiger partial charge on any atom is 0.246 e. The van der Waals surface area contributed by atoms with E-state index in [1.54, 1.807) is 30.3 Å². The van der Waals surface area contributed by atoms with Crippen molar-refractivity contribution in [2.45, 2.75) is 0 Å². The summed E-state index contributed by atoms with van der Waals surface area (Å²) in [5.74, 6) is -0.547. The van der Waals surface area contributed by atoms with Crippen LogP contribution in [0.4, 0.5) is 5.69 Å². The van der Waals surface area contributed by atoms with Gasteiger partial charge in [0.1, 0.15) is 0 Å². The fourth-order valence-corrected chi connectivity index (χ4v) is 2.10. The molecule has 0 aliphatic carbocycles. The van der Waals surface area contributed by atoms with Crippen LogP contribution < -0.4 is 4.72 Å². The second kappa shape index (κ2) is 4.44. The molecule has 1 rings (SSSR count). The fraction of sp³-hybridized carbons (Fsp3) is 0.125. The number of nitrogens with zero attached hydrogens (tertiary/aromatic N) is 1. The van der Waals surface area contributed by atoms with Crippen LogP contribution in [0, 0.1) is 11.3 Å². The van der Waals surface area contributed by atoms with Crippen molar-refractivity contribution in [1.82, 2.24) is 0 Å². The van der Waals surface area contributed by atoms with Crippen LogP contribution in [0.1, 0.15) is 0 Å². The molecule has 0 radical (unpaired) electrons. The number of sulfonamides is 1. The van der Waals surface area contributed by atoms with E-state index in [-0.39, 0.29) is 0 Å². The van der Waals surface area contributed by atoms with E-state index < -0.39 is 15.8 Å². The Kier molecular flexibility index (Phi) is 3.49. The molecule has 0 heterocycles. The molecule has 0 amide bonds. The molecular weight excluding hydrogens is 268 g/mol. The van der Waals surface area contributed by atoms with Gasteiger partial charge in [-0.2, -0.15) is 5.26 Å². The third kappa shape index (κ3) is 3.01. The standard InChI is InChI=1S/C8H7BrN2O2S/c9-7-3-1-2-4-8(7)11-14(12,13)6-5-10/h1-4,11H,6H2. The lowest BCUT2D eigenvalue weighted by molar-refractivity contribution is 0.604. The third-order valence-electron chi connectivity index (χ3n) is 1.39. The highest BCUT2D eigenvalue weighted by atomic mass is 79.9. The molecule has 14 heavy (non-hydrogen) atoms. The van der Waals surface area contributed by atoms with Crippen LogP contribution in [-0.2, 0) is 10.0 Å². The first kappa shape index (κ1) is 11.0. The minimum absolute atomic E-state index is 0.433. The summed E-state index contributed by atoms with van der Waals surface area (Å²) in [4.78, 5) is 0. The van der Waals surface area contributed by atoms with Crippen LogP contribution in [-0.4, -0.2) is 14.2 Å². The topological polar surface area (TPSA) is 70.0 Å². The smallest absolute Gasteiger partial charge is 0.246 e. The van der Waals surface area contributed by atoms with Gasteiger partial charge in [0, 0.05) is 4.47 Å². The van der Waals surface area contributed by atoms with Crippen molar-refractivity contribution in [3.63, 3.8) is 0 Å². The SMILES string of the molecule is N#CCS(=O)(=O)Nc1ccccc1Br. The van der Waals surface area contributed by atoms with E-state index in [4.69, 9.17) is 5.26 Å². The first-order valence-electron chi connectivity index (χ1n) is 3.67. The molecule has 1 aromatic rings. The van der Waals surface area contributed by atoms with Gasteiger partial charge in [-0.15, -0.1) is 0 Å². The maximum atomic E-state index is 11.2. The largest absolute Gasteiger partial charge is 0.282 e. The molecule has 1 N–H and O–H groups in total. The number of nitrogens with one attached hydrogen (secondary N) is 1. The number of anilines is 1. The first-order chi connectivity index (χ1) is 6.55. The lowest BCUT2D eigenvalue weighted by atomic mass is 10.3. The number of hydrogen-bond acceptors (Lipinski definition) is 3. The summed E-state index contributed by atoms with van der Waals surface area (Å²) >= 11 is 3.19. The highest BCUT2D eigenvalue weighted by molar-refractivity contribution is 9.10. The Morgan fingerprint density at radius 1 is 1.43 bits per heavy atom. The van der Waals surface area contributed by atoms with Crippen LogP contribution in [0.2, 0.25) is 0 Å². The monoisotopic (exact) mass is 274 g/mol. The Hall–Kier alpha value is -1.06. The van der Waals surface area contributed by atoms with E-state index in [0.29, 0.717) is 10.2 Å². The van der Waals surface area contributed by atoms with Gasteiger partial charge >= 0.3 is 0 Å². The summed E-state index contributed by atoms with van der Waals surface area (Å²) < 4.78 is 25.3. The van der Waals surface area contributed by atoms with Crippen LogP contribution >= 0.6 is 15.9 Å². The molecule has 0 aliphatic rings. The highest BCUT2D eigenvalue weighted by Gasteiger charge is 2.10. The van der Waals surface area contributed by atoms with Crippen molar-refractivity contribution in [3.8, 4) is 6.07 Å². The normalized spacial score (nSPS) is 10.6. The second-order valence-corrected chi connectivity index (χ2v) is 5.08. The number of hydrogen-bond donors (Lipinski definition) is 1. The molecule has 0 aromatic heterocycles. The molecule has 0 fully saturated rings. The van der Waals surface area contributed by atoms with Crippen molar-refractivity contribution < 1.29 is 8.42 Å². The van der Waals surface area contributed by atoms with Crippen molar-refractivity contribution in [2.24, 2.45) is 0 Å². The molecule has 0 saturated carbocycles. The molecule has 6 heteroatoms. The summed E-state index contributed by atoms with van der Waals surface area (Å²) in [6.07, 6.45) is 0. The minimum Gasteiger partial charge on any atom is -0.282 e. The number of halogens is 1. The summed E-state index contributed by atoms with van der Waals surface area (Å²) in [6.45, 7) is 0. The highest BCUT2D eigenvalue weighted by Crippen LogP contribution is 2.22. The van der Waals surface area contributed by atoms with E-state index in [1.807, 2.05) is 0 Å². The summed E-state index contributed by atoms with van der Waals surface area (Å²) in [6, 6.07) is 8.38. The summed E-state index contributed by atoms with van der Waals surface area (Å²) in [5.41, 5.74) is 0.433. The molecule has 0 atom stereocenters. The van der Waals surface area contributed by atoms with Gasteiger partial charge in [-0.1, -0.05) is 12.1 Å². The average molecular weight is 275 g/mol. The zero-order valence-corrected chi connectivity index (χ0v) is 9.47. The van der Waals surface area contributed by atoms with Gasteiger partial charge in [0.15, 0.2) is 5.75 Å². The van der Waals surface area contributed by atoms with Gasteiger partial charge in [0.05, 0.1) is 11.8 Å². The van der Waals surface area contributed by atoms with Crippen LogP contribution in [0.25, 0.3) is 0 Å². The lowest BCUT2D eigenvalue weighted by Crippen LogP contribution is -2.15. The Morgan fingerprint density at radius 2 is 2.07 bits per heavy atom. The van der Waals surface area contributed by atoms with Crippen molar-refractivity contribution in [1.29, 1.82) is 5.26 Å². The fourth-order valence-electron chi connectivity index (χ4n) is 0.833. The number of para-hydroxylation sites is 1. The molecule has 0 spiro atoms. The Labute approximate surface area is 90.7 Å². The Bertz CT molecular complexity index is 464. The van der Waals surface area contributed by atoms with Gasteiger partial charge in [0.2, 0.25) is 10.0 Å². The number of rotatable bonds is 3. The predicted molar refractivity (Wildman–Crippen MR) is 57.2 cm³/mol. The van der Waals surface area contributed by atoms with Gasteiger partial charge in [-0.25, -0.2) is 8.42 Å². The van der Waals surface area contributed by atoms with E-state index in [9.17, 15) is 8.42 Å². The third-order valence-corrected chi connectivity index (χ3v) is 3.13. The quantitative estimate of drug-likeness (QED) is 0.912. The van der Waals surface area contributed by atoms with Crippen LogP contribution in [0.5, 0.6) is 0 Å². The summed E-state index contributed by atoms with van der Waals surface area (Å²) in [5, 5.41) is 8.27. The lowest BCUT2D eigenvalue weighted by Gasteiger charge is -2.06. The van der Waals surface area contributed by atoms with E-state index in [2.05, 4.69) is 20.7 Å². The zero-order chi connectivity index (χ0) is 10.6. The van der Waals surface area contributed by atoms with E-state index in [1.165, 1.54) is 0 Å². The second-order valence-electron chi connectivity index (χ2n) is 2.50. The van der Waals surface area contributed by atoms with Gasteiger partial charge in [-0.05, 0) is 28.1 Å². The maximum absolute atomic E-state index is 11.2. The van der Waals surface area contributed by atoms with E-state index >= 15 is 0 Å². The molecule has 0 saturated heterocycles. The van der Waals surface area contributed by atoms with Gasteiger partial charge < -0.3 is 0 Å². The average Bonchev–Trinajstić information content (AvgIpc) is 2.08. The number of benzene rings is 1. The van der Waals surface area contributed by atoms with Gasteiger partial charge in [-0.3, -0.25) is 4.72 Å². The summed E-state index contributed by atoms with van der Waals surface area (Å²) in [7, 11) is -3.55.